The number of amides is 1. The van der Waals surface area contributed by atoms with Gasteiger partial charge in [-0.3, -0.25) is 4.79 Å². The Bertz CT molecular complexity index is 735. The summed E-state index contributed by atoms with van der Waals surface area (Å²) in [4.78, 5) is 18.0. The third kappa shape index (κ3) is 2.26. The van der Waals surface area contributed by atoms with Gasteiger partial charge in [0.1, 0.15) is 0 Å². The van der Waals surface area contributed by atoms with Gasteiger partial charge >= 0.3 is 0 Å². The highest BCUT2D eigenvalue weighted by Gasteiger charge is 2.06. The van der Waals surface area contributed by atoms with Gasteiger partial charge in [0.05, 0.1) is 11.7 Å². The van der Waals surface area contributed by atoms with Gasteiger partial charge in [-0.05, 0) is 24.3 Å². The zero-order chi connectivity index (χ0) is 13.2. The molecular weight excluding hydrogens is 242 g/mol. The summed E-state index contributed by atoms with van der Waals surface area (Å²) in [6.07, 6.45) is 1.74. The van der Waals surface area contributed by atoms with Crippen LogP contribution in [0.5, 0.6) is 5.75 Å². The second-order valence-electron chi connectivity index (χ2n) is 4.07. The maximum atomic E-state index is 11.1. The van der Waals surface area contributed by atoms with Crippen molar-refractivity contribution in [3.05, 3.63) is 60.3 Å². The number of hydrogen-bond acceptors (Lipinski definition) is 3. The summed E-state index contributed by atoms with van der Waals surface area (Å²) in [5.74, 6) is 0.214. The maximum Gasteiger partial charge on any atom is 0.248 e. The summed E-state index contributed by atoms with van der Waals surface area (Å²) in [5, 5.41) is 5.11. The lowest BCUT2D eigenvalue weighted by atomic mass is 10.1. The lowest BCUT2D eigenvalue weighted by Crippen LogP contribution is -2.10. The molecule has 0 saturated heterocycles. The fourth-order valence-electron chi connectivity index (χ4n) is 1.78. The van der Waals surface area contributed by atoms with Crippen molar-refractivity contribution in [2.24, 2.45) is 5.73 Å². The molecule has 94 valence electrons. The van der Waals surface area contributed by atoms with Crippen molar-refractivity contribution < 1.29 is 9.63 Å². The van der Waals surface area contributed by atoms with Crippen molar-refractivity contribution in [2.75, 3.05) is 0 Å². The van der Waals surface area contributed by atoms with Crippen molar-refractivity contribution in [2.45, 2.75) is 0 Å². The lowest BCUT2D eigenvalue weighted by molar-refractivity contribution is 0.100. The van der Waals surface area contributed by atoms with Crippen LogP contribution in [0.3, 0.4) is 0 Å². The summed E-state index contributed by atoms with van der Waals surface area (Å²) in [7, 11) is 0. The largest absolute Gasteiger partial charge is 0.366 e. The van der Waals surface area contributed by atoms with E-state index in [0.717, 1.165) is 5.39 Å². The van der Waals surface area contributed by atoms with E-state index in [1.807, 2.05) is 30.3 Å². The molecule has 3 aromatic rings. The molecule has 5 heteroatoms. The predicted octanol–water partition coefficient (Wildman–Crippen LogP) is 1.98. The van der Waals surface area contributed by atoms with Gasteiger partial charge in [-0.25, -0.2) is 0 Å². The van der Waals surface area contributed by atoms with Crippen LogP contribution in [0, 0.1) is 0 Å². The fraction of sp³-hybridized carbons (Fsp3) is 0. The molecule has 0 aliphatic heterocycles. The quantitative estimate of drug-likeness (QED) is 0.775. The smallest absolute Gasteiger partial charge is 0.248 e. The Hall–Kier alpha value is -2.82. The Morgan fingerprint density at radius 3 is 2.68 bits per heavy atom. The average Bonchev–Trinajstić information content (AvgIpc) is 2.80. The van der Waals surface area contributed by atoms with E-state index < -0.39 is 5.91 Å². The highest BCUT2D eigenvalue weighted by Crippen LogP contribution is 2.16. The molecular formula is C14H11N3O2. The van der Waals surface area contributed by atoms with E-state index in [4.69, 9.17) is 10.6 Å². The Morgan fingerprint density at radius 1 is 1.16 bits per heavy atom. The number of rotatable bonds is 3. The minimum Gasteiger partial charge on any atom is -0.366 e. The van der Waals surface area contributed by atoms with Crippen LogP contribution < -0.4 is 10.6 Å². The Labute approximate surface area is 109 Å². The summed E-state index contributed by atoms with van der Waals surface area (Å²) >= 11 is 0. The lowest BCUT2D eigenvalue weighted by Gasteiger charge is -2.02. The van der Waals surface area contributed by atoms with Gasteiger partial charge in [0.2, 0.25) is 5.91 Å². The number of hydrogen-bond donors (Lipinski definition) is 1. The first-order chi connectivity index (χ1) is 9.22. The van der Waals surface area contributed by atoms with Gasteiger partial charge in [0, 0.05) is 10.9 Å². The number of carbonyl (C=O) groups excluding carboxylic acids is 1. The van der Waals surface area contributed by atoms with E-state index in [-0.39, 0.29) is 0 Å². The molecule has 5 nitrogen and oxygen atoms in total. The number of primary amides is 1. The first-order valence-corrected chi connectivity index (χ1v) is 5.75. The van der Waals surface area contributed by atoms with E-state index in [9.17, 15) is 4.79 Å². The van der Waals surface area contributed by atoms with Crippen molar-refractivity contribution >= 4 is 16.8 Å². The molecule has 0 saturated carbocycles. The number of carbonyl (C=O) groups is 1. The van der Waals surface area contributed by atoms with E-state index in [0.29, 0.717) is 16.8 Å². The van der Waals surface area contributed by atoms with Crippen molar-refractivity contribution in [3.8, 4) is 5.75 Å². The molecule has 3 rings (SSSR count). The molecule has 0 fully saturated rings. The fourth-order valence-corrected chi connectivity index (χ4v) is 1.78. The summed E-state index contributed by atoms with van der Waals surface area (Å²) in [6, 6.07) is 14.4. The van der Waals surface area contributed by atoms with Gasteiger partial charge in [0.15, 0.2) is 5.75 Å². The van der Waals surface area contributed by atoms with Crippen LogP contribution in [-0.2, 0) is 0 Å². The monoisotopic (exact) mass is 253 g/mol. The zero-order valence-electron chi connectivity index (χ0n) is 9.98. The van der Waals surface area contributed by atoms with Gasteiger partial charge in [0.25, 0.3) is 0 Å². The van der Waals surface area contributed by atoms with Crippen LogP contribution in [0.25, 0.3) is 10.9 Å². The van der Waals surface area contributed by atoms with Crippen molar-refractivity contribution in [3.63, 3.8) is 0 Å². The van der Waals surface area contributed by atoms with Crippen LogP contribution in [0.2, 0.25) is 0 Å². The van der Waals surface area contributed by atoms with Crippen molar-refractivity contribution in [1.29, 1.82) is 0 Å². The Kier molecular flexibility index (Phi) is 2.64. The van der Waals surface area contributed by atoms with E-state index in [1.54, 1.807) is 24.4 Å². The van der Waals surface area contributed by atoms with Crippen LogP contribution in [-0.4, -0.2) is 15.9 Å². The molecule has 19 heavy (non-hydrogen) atoms. The number of nitrogens with two attached hydrogens (primary N) is 1. The molecule has 0 radical (unpaired) electrons. The average molecular weight is 253 g/mol. The molecule has 0 aliphatic rings. The molecule has 0 bridgehead atoms. The number of benzene rings is 2. The maximum absolute atomic E-state index is 11.1. The zero-order valence-corrected chi connectivity index (χ0v) is 9.98. The number of fused-ring (bicyclic) bond motifs is 1. The van der Waals surface area contributed by atoms with Crippen LogP contribution in [0.4, 0.5) is 0 Å². The molecule has 0 unspecified atom stereocenters. The van der Waals surface area contributed by atoms with Crippen LogP contribution in [0.1, 0.15) is 10.4 Å². The molecule has 2 aromatic carbocycles. The van der Waals surface area contributed by atoms with Crippen LogP contribution >= 0.6 is 0 Å². The van der Waals surface area contributed by atoms with Gasteiger partial charge in [-0.15, -0.1) is 5.10 Å². The van der Waals surface area contributed by atoms with E-state index in [1.165, 1.54) is 4.85 Å². The molecule has 0 atom stereocenters. The number of aromatic nitrogens is 2. The second kappa shape index (κ2) is 4.45. The van der Waals surface area contributed by atoms with Crippen LogP contribution in [0.15, 0.2) is 54.7 Å². The summed E-state index contributed by atoms with van der Waals surface area (Å²) < 4.78 is 0. The highest BCUT2D eigenvalue weighted by atomic mass is 16.7. The SMILES string of the molecule is NC(=O)c1ccc2cn(Oc3ccccc3)nc2c1. The standard InChI is InChI=1S/C14H11N3O2/c15-14(18)10-6-7-11-9-17(16-13(11)8-10)19-12-4-2-1-3-5-12/h1-9H,(H2,15,18). The number of para-hydroxylation sites is 1. The van der Waals surface area contributed by atoms with Gasteiger partial charge < -0.3 is 10.6 Å². The van der Waals surface area contributed by atoms with E-state index in [2.05, 4.69) is 5.10 Å². The first kappa shape index (κ1) is 11.3. The molecule has 2 N–H and O–H groups in total. The van der Waals surface area contributed by atoms with Gasteiger partial charge in [-0.1, -0.05) is 29.1 Å². The summed E-state index contributed by atoms with van der Waals surface area (Å²) in [5.41, 5.74) is 6.32. The normalized spacial score (nSPS) is 10.5. The minimum absolute atomic E-state index is 0.428. The third-order valence-corrected chi connectivity index (χ3v) is 2.71. The molecule has 1 heterocycles. The molecule has 1 aromatic heterocycles. The molecule has 0 spiro atoms. The van der Waals surface area contributed by atoms with Gasteiger partial charge in [-0.2, -0.15) is 0 Å². The molecule has 1 amide bonds. The van der Waals surface area contributed by atoms with Crippen molar-refractivity contribution in [1.82, 2.24) is 9.94 Å². The van der Waals surface area contributed by atoms with E-state index >= 15 is 0 Å². The predicted molar refractivity (Wildman–Crippen MR) is 70.7 cm³/mol. The Morgan fingerprint density at radius 2 is 1.95 bits per heavy atom. The third-order valence-electron chi connectivity index (χ3n) is 2.71. The topological polar surface area (TPSA) is 70.1 Å². The highest BCUT2D eigenvalue weighted by molar-refractivity contribution is 5.96. The minimum atomic E-state index is -0.472. The molecule has 0 aliphatic carbocycles. The Balaban J connectivity index is 1.95. The summed E-state index contributed by atoms with van der Waals surface area (Å²) in [6.45, 7) is 0. The second-order valence-corrected chi connectivity index (χ2v) is 4.07. The first-order valence-electron chi connectivity index (χ1n) is 5.75. The number of nitrogens with zero attached hydrogens (tertiary/aromatic N) is 2.